The second kappa shape index (κ2) is 8.91. The van der Waals surface area contributed by atoms with Gasteiger partial charge < -0.3 is 14.5 Å². The standard InChI is InChI=1S/C17H25F2O3P/c1-12-4-6-13(7-5-12)14-8-9-15(17(19)16(14)18)22-10-2-3-11-23(20)21/h8-9,12-13,20-21H,2-7,10-11H2,1H3. The molecule has 0 spiro atoms. The maximum atomic E-state index is 14.3. The summed E-state index contributed by atoms with van der Waals surface area (Å²) in [6, 6.07) is 3.16. The van der Waals surface area contributed by atoms with E-state index >= 15 is 0 Å². The average Bonchev–Trinajstić information content (AvgIpc) is 2.52. The fraction of sp³-hybridized carbons (Fsp3) is 0.647. The molecule has 130 valence electrons. The van der Waals surface area contributed by atoms with Crippen LogP contribution >= 0.6 is 8.38 Å². The molecule has 0 heterocycles. The number of unbranched alkanes of at least 4 members (excludes halogenated alkanes) is 1. The Labute approximate surface area is 137 Å². The highest BCUT2D eigenvalue weighted by Crippen LogP contribution is 2.38. The van der Waals surface area contributed by atoms with E-state index in [4.69, 9.17) is 14.5 Å². The van der Waals surface area contributed by atoms with E-state index in [0.717, 1.165) is 25.7 Å². The summed E-state index contributed by atoms with van der Waals surface area (Å²) in [7, 11) is -1.89. The predicted octanol–water partition coefficient (Wildman–Crippen LogP) is 4.71. The van der Waals surface area contributed by atoms with Crippen LogP contribution in [0.25, 0.3) is 0 Å². The van der Waals surface area contributed by atoms with Crippen LogP contribution in [0.1, 0.15) is 56.9 Å². The zero-order valence-electron chi connectivity index (χ0n) is 13.5. The molecular weight excluding hydrogens is 321 g/mol. The van der Waals surface area contributed by atoms with Gasteiger partial charge in [-0.3, -0.25) is 0 Å². The molecule has 3 nitrogen and oxygen atoms in total. The van der Waals surface area contributed by atoms with Gasteiger partial charge in [-0.2, -0.15) is 4.39 Å². The van der Waals surface area contributed by atoms with Crippen LogP contribution in [0.3, 0.4) is 0 Å². The number of ether oxygens (including phenoxy) is 1. The van der Waals surface area contributed by atoms with E-state index in [1.807, 2.05) is 0 Å². The normalized spacial score (nSPS) is 21.7. The first-order valence-electron chi connectivity index (χ1n) is 8.25. The van der Waals surface area contributed by atoms with E-state index in [1.165, 1.54) is 6.07 Å². The van der Waals surface area contributed by atoms with Gasteiger partial charge in [-0.1, -0.05) is 25.8 Å². The monoisotopic (exact) mass is 346 g/mol. The van der Waals surface area contributed by atoms with Crippen molar-refractivity contribution in [3.63, 3.8) is 0 Å². The van der Waals surface area contributed by atoms with Gasteiger partial charge >= 0.3 is 0 Å². The van der Waals surface area contributed by atoms with Gasteiger partial charge in [-0.05, 0) is 49.1 Å². The molecule has 0 aromatic heterocycles. The fourth-order valence-electron chi connectivity index (χ4n) is 3.08. The third-order valence-electron chi connectivity index (χ3n) is 4.54. The van der Waals surface area contributed by atoms with E-state index in [9.17, 15) is 8.78 Å². The van der Waals surface area contributed by atoms with Gasteiger partial charge in [0.05, 0.1) is 6.61 Å². The van der Waals surface area contributed by atoms with Crippen LogP contribution in [-0.4, -0.2) is 22.6 Å². The predicted molar refractivity (Wildman–Crippen MR) is 87.7 cm³/mol. The van der Waals surface area contributed by atoms with Gasteiger partial charge in [-0.25, -0.2) is 4.39 Å². The van der Waals surface area contributed by atoms with Crippen LogP contribution in [0.5, 0.6) is 5.75 Å². The first kappa shape index (κ1) is 18.6. The molecule has 2 N–H and O–H groups in total. The molecular formula is C17H25F2O3P. The fourth-order valence-corrected chi connectivity index (χ4v) is 3.59. The molecule has 0 aliphatic heterocycles. The molecule has 2 rings (SSSR count). The molecule has 0 amide bonds. The summed E-state index contributed by atoms with van der Waals surface area (Å²) in [4.78, 5) is 17.6. The van der Waals surface area contributed by atoms with Crippen molar-refractivity contribution in [1.82, 2.24) is 0 Å². The van der Waals surface area contributed by atoms with E-state index in [-0.39, 0.29) is 18.3 Å². The molecule has 0 saturated heterocycles. The van der Waals surface area contributed by atoms with Crippen molar-refractivity contribution in [2.45, 2.75) is 51.4 Å². The lowest BCUT2D eigenvalue weighted by Gasteiger charge is -2.27. The number of halogens is 2. The molecule has 1 aliphatic rings. The van der Waals surface area contributed by atoms with Crippen LogP contribution in [0.15, 0.2) is 12.1 Å². The highest BCUT2D eigenvalue weighted by molar-refractivity contribution is 7.45. The summed E-state index contributed by atoms with van der Waals surface area (Å²) in [6.45, 7) is 2.43. The summed E-state index contributed by atoms with van der Waals surface area (Å²) < 4.78 is 33.7. The SMILES string of the molecule is CC1CCC(c2ccc(OCCCCP(O)O)c(F)c2F)CC1. The van der Waals surface area contributed by atoms with Crippen molar-refractivity contribution in [3.8, 4) is 5.75 Å². The van der Waals surface area contributed by atoms with Crippen LogP contribution in [0.2, 0.25) is 0 Å². The molecule has 0 unspecified atom stereocenters. The van der Waals surface area contributed by atoms with E-state index in [0.29, 0.717) is 30.5 Å². The smallest absolute Gasteiger partial charge is 0.200 e. The second-order valence-corrected chi connectivity index (χ2v) is 7.58. The van der Waals surface area contributed by atoms with Crippen molar-refractivity contribution in [2.24, 2.45) is 5.92 Å². The molecule has 1 aromatic rings. The summed E-state index contributed by atoms with van der Waals surface area (Å²) in [6.07, 6.45) is 5.40. The van der Waals surface area contributed by atoms with Gasteiger partial charge in [0.15, 0.2) is 19.9 Å². The molecule has 0 atom stereocenters. The third kappa shape index (κ3) is 5.37. The van der Waals surface area contributed by atoms with Gasteiger partial charge in [0.1, 0.15) is 0 Å². The van der Waals surface area contributed by atoms with Crippen molar-refractivity contribution in [3.05, 3.63) is 29.3 Å². The summed E-state index contributed by atoms with van der Waals surface area (Å²) in [5, 5.41) is 0. The first-order valence-corrected chi connectivity index (χ1v) is 9.68. The Morgan fingerprint density at radius 1 is 1.09 bits per heavy atom. The highest BCUT2D eigenvalue weighted by Gasteiger charge is 2.25. The maximum absolute atomic E-state index is 14.3. The van der Waals surface area contributed by atoms with Crippen molar-refractivity contribution in [1.29, 1.82) is 0 Å². The third-order valence-corrected chi connectivity index (χ3v) is 5.26. The Balaban J connectivity index is 1.92. The molecule has 1 saturated carbocycles. The average molecular weight is 346 g/mol. The minimum absolute atomic E-state index is 0.0642. The molecule has 0 bridgehead atoms. The lowest BCUT2D eigenvalue weighted by atomic mass is 9.79. The lowest BCUT2D eigenvalue weighted by molar-refractivity contribution is 0.285. The number of hydrogen-bond donors (Lipinski definition) is 2. The molecule has 1 aromatic carbocycles. The minimum Gasteiger partial charge on any atom is -0.490 e. The molecule has 23 heavy (non-hydrogen) atoms. The number of hydrogen-bond acceptors (Lipinski definition) is 3. The first-order chi connectivity index (χ1) is 11.0. The van der Waals surface area contributed by atoms with Crippen molar-refractivity contribution < 1.29 is 23.3 Å². The zero-order valence-corrected chi connectivity index (χ0v) is 14.4. The zero-order chi connectivity index (χ0) is 16.8. The Morgan fingerprint density at radius 2 is 1.78 bits per heavy atom. The Kier molecular flexibility index (Phi) is 7.19. The summed E-state index contributed by atoms with van der Waals surface area (Å²) >= 11 is 0. The van der Waals surface area contributed by atoms with Crippen molar-refractivity contribution in [2.75, 3.05) is 12.8 Å². The molecule has 6 heteroatoms. The van der Waals surface area contributed by atoms with Gasteiger partial charge in [0.25, 0.3) is 0 Å². The topological polar surface area (TPSA) is 49.7 Å². The second-order valence-electron chi connectivity index (χ2n) is 6.39. The molecule has 0 radical (unpaired) electrons. The molecule has 1 aliphatic carbocycles. The van der Waals surface area contributed by atoms with Crippen LogP contribution in [0, 0.1) is 17.6 Å². The number of benzene rings is 1. The Hall–Kier alpha value is -0.770. The van der Waals surface area contributed by atoms with Crippen LogP contribution < -0.4 is 4.74 Å². The summed E-state index contributed by atoms with van der Waals surface area (Å²) in [5.41, 5.74) is 0.466. The van der Waals surface area contributed by atoms with Gasteiger partial charge in [0, 0.05) is 6.16 Å². The maximum Gasteiger partial charge on any atom is 0.200 e. The van der Waals surface area contributed by atoms with Gasteiger partial charge in [-0.15, -0.1) is 0 Å². The lowest BCUT2D eigenvalue weighted by Crippen LogP contribution is -2.13. The highest BCUT2D eigenvalue weighted by atomic mass is 31.2. The van der Waals surface area contributed by atoms with E-state index in [1.54, 1.807) is 6.07 Å². The Bertz CT molecular complexity index is 503. The van der Waals surface area contributed by atoms with Crippen molar-refractivity contribution >= 4 is 8.38 Å². The van der Waals surface area contributed by atoms with E-state index < -0.39 is 20.0 Å². The van der Waals surface area contributed by atoms with Crippen LogP contribution in [-0.2, 0) is 0 Å². The number of rotatable bonds is 7. The minimum atomic E-state index is -1.89. The Morgan fingerprint density at radius 3 is 2.43 bits per heavy atom. The summed E-state index contributed by atoms with van der Waals surface area (Å²) in [5.74, 6) is -0.988. The van der Waals surface area contributed by atoms with E-state index in [2.05, 4.69) is 6.92 Å². The van der Waals surface area contributed by atoms with Crippen LogP contribution in [0.4, 0.5) is 8.78 Å². The largest absolute Gasteiger partial charge is 0.490 e. The quantitative estimate of drug-likeness (QED) is 0.555. The molecule has 1 fully saturated rings. The van der Waals surface area contributed by atoms with Gasteiger partial charge in [0.2, 0.25) is 5.82 Å².